The van der Waals surface area contributed by atoms with E-state index in [1.54, 1.807) is 0 Å². The van der Waals surface area contributed by atoms with Gasteiger partial charge in [-0.3, -0.25) is 4.98 Å². The lowest BCUT2D eigenvalue weighted by Gasteiger charge is -2.16. The topological polar surface area (TPSA) is 56.5 Å². The van der Waals surface area contributed by atoms with Crippen molar-refractivity contribution in [3.63, 3.8) is 0 Å². The van der Waals surface area contributed by atoms with Crippen molar-refractivity contribution in [3.8, 4) is 0 Å². The Morgan fingerprint density at radius 3 is 2.46 bits per heavy atom. The Kier molecular flexibility index (Phi) is 4.38. The van der Waals surface area contributed by atoms with Gasteiger partial charge in [-0.2, -0.15) is 0 Å². The fourth-order valence-corrected chi connectivity index (χ4v) is 3.55. The van der Waals surface area contributed by atoms with Crippen molar-refractivity contribution < 1.29 is 0 Å². The quantitative estimate of drug-likeness (QED) is 0.688. The minimum absolute atomic E-state index is 0.857. The summed E-state index contributed by atoms with van der Waals surface area (Å²) in [5.41, 5.74) is 3.27. The maximum atomic E-state index is 4.75. The predicted molar refractivity (Wildman–Crippen MR) is 105 cm³/mol. The summed E-state index contributed by atoms with van der Waals surface area (Å²) in [5, 5.41) is 18.2. The SMILES string of the molecule is CN(C)CCc1ncc2ccc(CCN(C)C)c3c4c(cc1c23)N=NN=4. The van der Waals surface area contributed by atoms with Crippen LogP contribution in [0.1, 0.15) is 11.3 Å². The third-order valence-corrected chi connectivity index (χ3v) is 4.95. The van der Waals surface area contributed by atoms with Crippen molar-refractivity contribution in [1.29, 1.82) is 0 Å². The summed E-state index contributed by atoms with van der Waals surface area (Å²) in [6.45, 7) is 1.96. The third-order valence-electron chi connectivity index (χ3n) is 4.95. The number of aromatic nitrogens is 1. The van der Waals surface area contributed by atoms with Crippen LogP contribution < -0.4 is 5.36 Å². The van der Waals surface area contributed by atoms with Crippen molar-refractivity contribution in [2.45, 2.75) is 12.8 Å². The van der Waals surface area contributed by atoms with Crippen molar-refractivity contribution in [3.05, 3.63) is 41.0 Å². The van der Waals surface area contributed by atoms with E-state index in [-0.39, 0.29) is 0 Å². The Morgan fingerprint density at radius 2 is 1.69 bits per heavy atom. The van der Waals surface area contributed by atoms with Crippen LogP contribution in [-0.2, 0) is 12.8 Å². The molecule has 2 heterocycles. The lowest BCUT2D eigenvalue weighted by molar-refractivity contribution is 0.412. The van der Waals surface area contributed by atoms with Crippen LogP contribution >= 0.6 is 0 Å². The molecule has 0 unspecified atom stereocenters. The van der Waals surface area contributed by atoms with Crippen molar-refractivity contribution in [2.75, 3.05) is 41.3 Å². The first-order valence-electron chi connectivity index (χ1n) is 8.98. The molecule has 6 heteroatoms. The summed E-state index contributed by atoms with van der Waals surface area (Å²) in [5.74, 6) is 0. The highest BCUT2D eigenvalue weighted by Crippen LogP contribution is 2.33. The monoisotopic (exact) mass is 348 g/mol. The highest BCUT2D eigenvalue weighted by atomic mass is 15.4. The second kappa shape index (κ2) is 6.70. The average molecular weight is 348 g/mol. The van der Waals surface area contributed by atoms with Gasteiger partial charge in [-0.15, -0.1) is 10.2 Å². The number of benzene rings is 2. The molecule has 0 bridgehead atoms. The van der Waals surface area contributed by atoms with Crippen molar-refractivity contribution >= 4 is 27.2 Å². The molecule has 6 nitrogen and oxygen atoms in total. The maximum Gasteiger partial charge on any atom is 0.123 e. The van der Waals surface area contributed by atoms with Crippen LogP contribution in [0, 0.1) is 0 Å². The molecular weight excluding hydrogens is 324 g/mol. The van der Waals surface area contributed by atoms with Gasteiger partial charge < -0.3 is 9.80 Å². The molecule has 0 radical (unpaired) electrons. The highest BCUT2D eigenvalue weighted by Gasteiger charge is 2.18. The molecule has 0 amide bonds. The molecule has 0 spiro atoms. The van der Waals surface area contributed by atoms with E-state index in [9.17, 15) is 0 Å². The summed E-state index contributed by atoms with van der Waals surface area (Å²) in [6, 6.07) is 6.49. The molecule has 1 aliphatic heterocycles. The minimum atomic E-state index is 0.857. The Balaban J connectivity index is 1.97. The number of pyridine rings is 1. The van der Waals surface area contributed by atoms with Crippen LogP contribution in [0.3, 0.4) is 0 Å². The van der Waals surface area contributed by atoms with Gasteiger partial charge in [0.05, 0.1) is 0 Å². The van der Waals surface area contributed by atoms with Crippen LogP contribution in [0.15, 0.2) is 39.8 Å². The first-order chi connectivity index (χ1) is 12.5. The largest absolute Gasteiger partial charge is 0.309 e. The molecule has 0 N–H and O–H groups in total. The normalized spacial score (nSPS) is 13.3. The Labute approximate surface area is 153 Å². The molecule has 0 saturated heterocycles. The van der Waals surface area contributed by atoms with Gasteiger partial charge in [0.2, 0.25) is 0 Å². The molecule has 26 heavy (non-hydrogen) atoms. The number of fused-ring (bicyclic) bond motifs is 2. The van der Waals surface area contributed by atoms with E-state index in [2.05, 4.69) is 71.6 Å². The lowest BCUT2D eigenvalue weighted by Crippen LogP contribution is -2.17. The smallest absolute Gasteiger partial charge is 0.123 e. The lowest BCUT2D eigenvalue weighted by atomic mass is 9.93. The molecular formula is C20H24N6. The van der Waals surface area contributed by atoms with Crippen LogP contribution in [0.4, 0.5) is 5.69 Å². The summed E-state index contributed by atoms with van der Waals surface area (Å²) in [4.78, 5) is 9.14. The molecule has 0 fully saturated rings. The van der Waals surface area contributed by atoms with Crippen LogP contribution in [0.2, 0.25) is 0 Å². The summed E-state index contributed by atoms with van der Waals surface area (Å²) in [7, 11) is 8.38. The standard InChI is InChI=1S/C20H24N6/c1-25(2)9-7-13-5-6-14-12-21-16(8-10-26(3)4)15-11-17-20(23-24-22-17)19(13)18(14)15/h5-6,11-12H,7-10H2,1-4H3. The number of hydrogen-bond donors (Lipinski definition) is 0. The third kappa shape index (κ3) is 2.95. The van der Waals surface area contributed by atoms with Crippen LogP contribution in [-0.4, -0.2) is 56.1 Å². The van der Waals surface area contributed by atoms with E-state index < -0.39 is 0 Å². The van der Waals surface area contributed by atoms with Gasteiger partial charge in [0.15, 0.2) is 0 Å². The van der Waals surface area contributed by atoms with Crippen LogP contribution in [0.25, 0.3) is 21.5 Å². The van der Waals surface area contributed by atoms with E-state index in [0.717, 1.165) is 48.1 Å². The zero-order valence-corrected chi connectivity index (χ0v) is 15.8. The zero-order chi connectivity index (χ0) is 18.3. The first kappa shape index (κ1) is 17.0. The van der Waals surface area contributed by atoms with Crippen molar-refractivity contribution in [1.82, 2.24) is 14.8 Å². The Hall–Kier alpha value is -2.44. The molecule has 2 aromatic carbocycles. The molecule has 1 aromatic heterocycles. The molecule has 134 valence electrons. The van der Waals surface area contributed by atoms with Gasteiger partial charge in [-0.1, -0.05) is 12.1 Å². The molecule has 0 saturated carbocycles. The summed E-state index contributed by atoms with van der Waals surface area (Å²) in [6.07, 6.45) is 3.87. The molecule has 0 aliphatic carbocycles. The van der Waals surface area contributed by atoms with E-state index in [1.165, 1.54) is 21.7 Å². The molecule has 3 aromatic rings. The molecule has 4 rings (SSSR count). The first-order valence-corrected chi connectivity index (χ1v) is 8.98. The van der Waals surface area contributed by atoms with Gasteiger partial charge in [0, 0.05) is 52.9 Å². The predicted octanol–water partition coefficient (Wildman–Crippen LogP) is 2.95. The van der Waals surface area contributed by atoms with Gasteiger partial charge >= 0.3 is 0 Å². The fourth-order valence-electron chi connectivity index (χ4n) is 3.55. The second-order valence-electron chi connectivity index (χ2n) is 7.46. The Morgan fingerprint density at radius 1 is 0.923 bits per heavy atom. The number of rotatable bonds is 6. The van der Waals surface area contributed by atoms with Crippen LogP contribution in [0.5, 0.6) is 0 Å². The van der Waals surface area contributed by atoms with E-state index in [0.29, 0.717) is 0 Å². The highest BCUT2D eigenvalue weighted by molar-refractivity contribution is 6.13. The van der Waals surface area contributed by atoms with Gasteiger partial charge in [0.25, 0.3) is 0 Å². The van der Waals surface area contributed by atoms with Gasteiger partial charge in [0.1, 0.15) is 11.0 Å². The van der Waals surface area contributed by atoms with E-state index >= 15 is 0 Å². The summed E-state index contributed by atoms with van der Waals surface area (Å²) >= 11 is 0. The van der Waals surface area contributed by atoms with Crippen molar-refractivity contribution in [2.24, 2.45) is 15.4 Å². The zero-order valence-electron chi connectivity index (χ0n) is 15.8. The number of hydrogen-bond acceptors (Lipinski definition) is 6. The van der Waals surface area contributed by atoms with E-state index in [4.69, 9.17) is 4.98 Å². The number of likely N-dealkylation sites (N-methyl/N-ethyl adjacent to an activating group) is 2. The fraction of sp³-hybridized carbons (Fsp3) is 0.400. The second-order valence-corrected chi connectivity index (χ2v) is 7.46. The molecule has 1 aliphatic rings. The Bertz CT molecular complexity index is 1050. The van der Waals surface area contributed by atoms with Gasteiger partial charge in [-0.25, -0.2) is 0 Å². The van der Waals surface area contributed by atoms with Gasteiger partial charge in [-0.05, 0) is 51.5 Å². The van der Waals surface area contributed by atoms with E-state index in [1.807, 2.05) is 6.20 Å². The molecule has 0 atom stereocenters. The minimum Gasteiger partial charge on any atom is -0.309 e. The maximum absolute atomic E-state index is 4.75. The average Bonchev–Trinajstić information content (AvgIpc) is 3.08. The number of nitrogens with zero attached hydrogens (tertiary/aromatic N) is 6. The summed E-state index contributed by atoms with van der Waals surface area (Å²) < 4.78 is 0.